The van der Waals surface area contributed by atoms with Gasteiger partial charge in [0.05, 0.1) is 0 Å². The molecule has 0 spiro atoms. The van der Waals surface area contributed by atoms with Crippen LogP contribution < -0.4 is 10.7 Å². The Kier molecular flexibility index (Phi) is 4.50. The van der Waals surface area contributed by atoms with Crippen LogP contribution in [0.25, 0.3) is 0 Å². The number of amides is 4. The molecule has 2 heterocycles. The topological polar surface area (TPSA) is 96.3 Å². The Morgan fingerprint density at radius 3 is 2.58 bits per heavy atom. The molecule has 1 aromatic carbocycles. The molecule has 3 rings (SSSR count). The summed E-state index contributed by atoms with van der Waals surface area (Å²) in [5.74, 6) is -1.09. The van der Waals surface area contributed by atoms with E-state index >= 15 is 0 Å². The summed E-state index contributed by atoms with van der Waals surface area (Å²) in [7, 11) is 1.71. The van der Waals surface area contributed by atoms with Gasteiger partial charge in [-0.2, -0.15) is 10.1 Å². The molecule has 136 valence electrons. The molecular weight excluding hydrogens is 334 g/mol. The third-order valence-corrected chi connectivity index (χ3v) is 4.58. The molecule has 1 aromatic heterocycles. The molecule has 2 aromatic rings. The van der Waals surface area contributed by atoms with Crippen molar-refractivity contribution < 1.29 is 14.4 Å². The summed E-state index contributed by atoms with van der Waals surface area (Å²) in [4.78, 5) is 37.2. The lowest BCUT2D eigenvalue weighted by Crippen LogP contribution is -2.49. The fraction of sp³-hybridized carbons (Fsp3) is 0.333. The molecule has 0 radical (unpaired) electrons. The van der Waals surface area contributed by atoms with Crippen molar-refractivity contribution >= 4 is 17.8 Å². The molecule has 8 heteroatoms. The van der Waals surface area contributed by atoms with E-state index in [2.05, 4.69) is 15.8 Å². The molecular formula is C18H21N5O3. The van der Waals surface area contributed by atoms with Crippen LogP contribution in [0.5, 0.6) is 0 Å². The lowest BCUT2D eigenvalue weighted by atomic mass is 9.93. The van der Waals surface area contributed by atoms with E-state index in [4.69, 9.17) is 0 Å². The molecule has 4 amide bonds. The number of hydrogen-bond donors (Lipinski definition) is 2. The fourth-order valence-corrected chi connectivity index (χ4v) is 2.82. The quantitative estimate of drug-likeness (QED) is 0.791. The highest BCUT2D eigenvalue weighted by atomic mass is 16.2. The summed E-state index contributed by atoms with van der Waals surface area (Å²) >= 11 is 0. The van der Waals surface area contributed by atoms with E-state index < -0.39 is 23.4 Å². The van der Waals surface area contributed by atoms with Crippen LogP contribution in [-0.4, -0.2) is 38.2 Å². The summed E-state index contributed by atoms with van der Waals surface area (Å²) in [5.41, 5.74) is 3.28. The third kappa shape index (κ3) is 3.30. The number of benzene rings is 1. The van der Waals surface area contributed by atoms with Gasteiger partial charge in [-0.05, 0) is 38.3 Å². The molecule has 1 aliphatic rings. The van der Waals surface area contributed by atoms with Gasteiger partial charge in [-0.15, -0.1) is 0 Å². The second-order valence-electron chi connectivity index (χ2n) is 6.62. The van der Waals surface area contributed by atoms with Gasteiger partial charge < -0.3 is 5.32 Å². The van der Waals surface area contributed by atoms with E-state index in [0.29, 0.717) is 12.8 Å². The van der Waals surface area contributed by atoms with Gasteiger partial charge in [0.1, 0.15) is 5.54 Å². The second kappa shape index (κ2) is 6.62. The lowest BCUT2D eigenvalue weighted by Gasteiger charge is -2.21. The van der Waals surface area contributed by atoms with E-state index in [-0.39, 0.29) is 5.69 Å². The normalized spacial score (nSPS) is 19.6. The number of aryl methyl sites for hydroxylation is 3. The minimum atomic E-state index is -1.07. The van der Waals surface area contributed by atoms with Crippen LogP contribution in [0.1, 0.15) is 35.1 Å². The standard InChI is InChI=1S/C18H21N5O3/c1-12-11-14(20-22(12)3)15(24)21-23-16(25)18(2,19-17(23)26)10-9-13-7-5-4-6-8-13/h4-8,11H,9-10H2,1-3H3,(H,19,26)(H,21,24). The van der Waals surface area contributed by atoms with Gasteiger partial charge in [0.25, 0.3) is 11.8 Å². The van der Waals surface area contributed by atoms with Crippen molar-refractivity contribution in [3.8, 4) is 0 Å². The average Bonchev–Trinajstić information content (AvgIpc) is 3.06. The van der Waals surface area contributed by atoms with Crippen molar-refractivity contribution in [2.24, 2.45) is 7.05 Å². The molecule has 2 N–H and O–H groups in total. The molecule has 26 heavy (non-hydrogen) atoms. The van der Waals surface area contributed by atoms with Crippen molar-refractivity contribution in [2.75, 3.05) is 0 Å². The number of rotatable bonds is 5. The van der Waals surface area contributed by atoms with Gasteiger partial charge in [-0.1, -0.05) is 30.3 Å². The monoisotopic (exact) mass is 355 g/mol. The SMILES string of the molecule is Cc1cc(C(=O)NN2C(=O)NC(C)(CCc3ccccc3)C2=O)nn1C. The first kappa shape index (κ1) is 17.7. The number of carbonyl (C=O) groups is 3. The van der Waals surface area contributed by atoms with E-state index in [0.717, 1.165) is 16.3 Å². The first-order valence-corrected chi connectivity index (χ1v) is 8.32. The molecule has 1 fully saturated rings. The highest BCUT2D eigenvalue weighted by Gasteiger charge is 2.48. The van der Waals surface area contributed by atoms with Crippen molar-refractivity contribution in [1.29, 1.82) is 0 Å². The Bertz CT molecular complexity index is 841. The van der Waals surface area contributed by atoms with Crippen LogP contribution in [0.15, 0.2) is 36.4 Å². The first-order valence-electron chi connectivity index (χ1n) is 8.32. The summed E-state index contributed by atoms with van der Waals surface area (Å²) < 4.78 is 1.55. The van der Waals surface area contributed by atoms with Gasteiger partial charge >= 0.3 is 6.03 Å². The van der Waals surface area contributed by atoms with Crippen LogP contribution in [0.3, 0.4) is 0 Å². The molecule has 8 nitrogen and oxygen atoms in total. The van der Waals surface area contributed by atoms with Gasteiger partial charge in [0.2, 0.25) is 0 Å². The maximum Gasteiger partial charge on any atom is 0.344 e. The van der Waals surface area contributed by atoms with Gasteiger partial charge in [0.15, 0.2) is 5.69 Å². The predicted octanol–water partition coefficient (Wildman–Crippen LogP) is 1.32. The number of hydrogen-bond acceptors (Lipinski definition) is 4. The minimum Gasteiger partial charge on any atom is -0.322 e. The highest BCUT2D eigenvalue weighted by molar-refractivity contribution is 6.08. The number of nitrogens with one attached hydrogen (secondary N) is 2. The zero-order valence-electron chi connectivity index (χ0n) is 14.9. The molecule has 1 aliphatic heterocycles. The van der Waals surface area contributed by atoms with E-state index in [1.54, 1.807) is 31.6 Å². The lowest BCUT2D eigenvalue weighted by molar-refractivity contribution is -0.132. The smallest absolute Gasteiger partial charge is 0.322 e. The molecule has 1 unspecified atom stereocenters. The van der Waals surface area contributed by atoms with Crippen molar-refractivity contribution in [3.05, 3.63) is 53.3 Å². The van der Waals surface area contributed by atoms with E-state index in [1.165, 1.54) is 0 Å². The predicted molar refractivity (Wildman–Crippen MR) is 94.0 cm³/mol. The maximum atomic E-state index is 12.7. The van der Waals surface area contributed by atoms with Crippen LogP contribution in [-0.2, 0) is 18.3 Å². The van der Waals surface area contributed by atoms with Crippen molar-refractivity contribution in [3.63, 3.8) is 0 Å². The molecule has 0 saturated carbocycles. The zero-order chi connectivity index (χ0) is 18.9. The number of urea groups is 1. The molecule has 1 atom stereocenters. The Hall–Kier alpha value is -3.16. The van der Waals surface area contributed by atoms with Crippen LogP contribution in [0.2, 0.25) is 0 Å². The summed E-state index contributed by atoms with van der Waals surface area (Å²) in [6, 6.07) is 10.6. The Labute approximate surface area is 151 Å². The first-order chi connectivity index (χ1) is 12.3. The van der Waals surface area contributed by atoms with Crippen molar-refractivity contribution in [1.82, 2.24) is 25.5 Å². The summed E-state index contributed by atoms with van der Waals surface area (Å²) in [5, 5.41) is 7.45. The molecule has 0 aliphatic carbocycles. The molecule has 1 saturated heterocycles. The van der Waals surface area contributed by atoms with E-state index in [1.807, 2.05) is 30.3 Å². The number of carbonyl (C=O) groups excluding carboxylic acids is 3. The molecule has 0 bridgehead atoms. The third-order valence-electron chi connectivity index (χ3n) is 4.58. The average molecular weight is 355 g/mol. The van der Waals surface area contributed by atoms with Crippen LogP contribution in [0.4, 0.5) is 4.79 Å². The Balaban J connectivity index is 1.68. The zero-order valence-corrected chi connectivity index (χ0v) is 14.9. The number of aromatic nitrogens is 2. The maximum absolute atomic E-state index is 12.7. The Morgan fingerprint density at radius 1 is 1.27 bits per heavy atom. The second-order valence-corrected chi connectivity index (χ2v) is 6.62. The minimum absolute atomic E-state index is 0.142. The number of hydrazine groups is 1. The van der Waals surface area contributed by atoms with Gasteiger partial charge in [-0.25, -0.2) is 4.79 Å². The largest absolute Gasteiger partial charge is 0.344 e. The van der Waals surface area contributed by atoms with Crippen LogP contribution in [0, 0.1) is 6.92 Å². The van der Waals surface area contributed by atoms with Gasteiger partial charge in [-0.3, -0.25) is 19.7 Å². The van der Waals surface area contributed by atoms with Crippen molar-refractivity contribution in [2.45, 2.75) is 32.2 Å². The fourth-order valence-electron chi connectivity index (χ4n) is 2.82. The van der Waals surface area contributed by atoms with Gasteiger partial charge in [0, 0.05) is 12.7 Å². The highest BCUT2D eigenvalue weighted by Crippen LogP contribution is 2.22. The number of imide groups is 1. The Morgan fingerprint density at radius 2 is 1.96 bits per heavy atom. The number of nitrogens with zero attached hydrogens (tertiary/aromatic N) is 3. The summed E-state index contributed by atoms with van der Waals surface area (Å²) in [6.07, 6.45) is 1.06. The summed E-state index contributed by atoms with van der Waals surface area (Å²) in [6.45, 7) is 3.46. The van der Waals surface area contributed by atoms with Crippen LogP contribution >= 0.6 is 0 Å². The van der Waals surface area contributed by atoms with E-state index in [9.17, 15) is 14.4 Å².